The smallest absolute Gasteiger partial charge is 0.248 e. The van der Waals surface area contributed by atoms with Gasteiger partial charge >= 0.3 is 0 Å². The van der Waals surface area contributed by atoms with Gasteiger partial charge in [-0.25, -0.2) is 0 Å². The molecule has 1 unspecified atom stereocenters. The molecule has 96 valence electrons. The number of hydrogen-bond acceptors (Lipinski definition) is 1. The molecule has 0 aromatic heterocycles. The van der Waals surface area contributed by atoms with Crippen LogP contribution in [0.1, 0.15) is 5.56 Å². The highest BCUT2D eigenvalue weighted by Crippen LogP contribution is 2.13. The van der Waals surface area contributed by atoms with Crippen molar-refractivity contribution in [2.24, 2.45) is 0 Å². The van der Waals surface area contributed by atoms with Gasteiger partial charge in [-0.1, -0.05) is 43.5 Å². The summed E-state index contributed by atoms with van der Waals surface area (Å²) in [6, 6.07) is 10.2. The fourth-order valence-electron chi connectivity index (χ4n) is 1.88. The molecule has 3 heteroatoms. The van der Waals surface area contributed by atoms with Gasteiger partial charge in [0.1, 0.15) is 6.54 Å². The van der Waals surface area contributed by atoms with Crippen molar-refractivity contribution >= 4 is 5.91 Å². The summed E-state index contributed by atoms with van der Waals surface area (Å²) in [7, 11) is 4.12. The zero-order valence-electron chi connectivity index (χ0n) is 11.1. The van der Waals surface area contributed by atoms with E-state index in [1.54, 1.807) is 6.08 Å². The maximum Gasteiger partial charge on any atom is 0.248 e. The van der Waals surface area contributed by atoms with E-state index in [4.69, 9.17) is 0 Å². The predicted molar refractivity (Wildman–Crippen MR) is 74.6 cm³/mol. The zero-order chi connectivity index (χ0) is 13.6. The van der Waals surface area contributed by atoms with Gasteiger partial charge in [0, 0.05) is 5.56 Å². The summed E-state index contributed by atoms with van der Waals surface area (Å²) in [5, 5.41) is 2.87. The van der Waals surface area contributed by atoms with E-state index in [0.29, 0.717) is 4.48 Å². The minimum Gasteiger partial charge on any atom is -0.302 e. The molecule has 0 spiro atoms. The lowest BCUT2D eigenvalue weighted by Gasteiger charge is -2.36. The third kappa shape index (κ3) is 3.86. The van der Waals surface area contributed by atoms with E-state index < -0.39 is 0 Å². The average Bonchev–Trinajstić information content (AvgIpc) is 2.36. The van der Waals surface area contributed by atoms with Gasteiger partial charge in [0.25, 0.3) is 0 Å². The molecule has 0 bridgehead atoms. The van der Waals surface area contributed by atoms with E-state index in [2.05, 4.69) is 44.7 Å². The van der Waals surface area contributed by atoms with Crippen molar-refractivity contribution in [2.75, 3.05) is 14.1 Å². The van der Waals surface area contributed by atoms with Gasteiger partial charge in [-0.3, -0.25) is 10.1 Å². The lowest BCUT2D eigenvalue weighted by atomic mass is 10.2. The van der Waals surface area contributed by atoms with E-state index in [9.17, 15) is 4.79 Å². The quantitative estimate of drug-likeness (QED) is 0.353. The van der Waals surface area contributed by atoms with Crippen LogP contribution in [0.4, 0.5) is 0 Å². The summed E-state index contributed by atoms with van der Waals surface area (Å²) < 4.78 is 0.604. The lowest BCUT2D eigenvalue weighted by Crippen LogP contribution is -2.55. The van der Waals surface area contributed by atoms with Crippen LogP contribution < -0.4 is 5.32 Å². The number of carbonyl (C=O) groups is 1. The van der Waals surface area contributed by atoms with Crippen molar-refractivity contribution in [3.8, 4) is 0 Å². The molecule has 1 amide bonds. The van der Waals surface area contributed by atoms with Crippen LogP contribution >= 0.6 is 0 Å². The first kappa shape index (κ1) is 14.2. The largest absolute Gasteiger partial charge is 0.302 e. The Morgan fingerprint density at radius 1 is 1.33 bits per heavy atom. The molecule has 0 fully saturated rings. The number of nitrogens with zero attached hydrogens (tertiary/aromatic N) is 1. The normalized spacial score (nSPS) is 12.6. The number of benzene rings is 1. The van der Waals surface area contributed by atoms with Crippen LogP contribution in [0.25, 0.3) is 0 Å². The molecule has 1 rings (SSSR count). The molecule has 0 saturated carbocycles. The molecule has 1 aromatic rings. The maximum atomic E-state index is 11.4. The summed E-state index contributed by atoms with van der Waals surface area (Å²) in [5.41, 5.74) is 1.22. The number of quaternary nitrogens is 1. The van der Waals surface area contributed by atoms with Crippen molar-refractivity contribution < 1.29 is 9.28 Å². The molecule has 0 heterocycles. The van der Waals surface area contributed by atoms with Crippen molar-refractivity contribution in [3.05, 3.63) is 61.2 Å². The van der Waals surface area contributed by atoms with Crippen LogP contribution in [0, 0.1) is 0 Å². The Bertz CT molecular complexity index is 423. The van der Waals surface area contributed by atoms with Crippen LogP contribution in [0.15, 0.2) is 55.6 Å². The van der Waals surface area contributed by atoms with Crippen LogP contribution in [0.5, 0.6) is 0 Å². The summed E-state index contributed by atoms with van der Waals surface area (Å²) in [5.74, 6) is -0.181. The molecule has 0 saturated heterocycles. The maximum absolute atomic E-state index is 11.4. The Labute approximate surface area is 109 Å². The highest BCUT2D eigenvalue weighted by Gasteiger charge is 2.26. The van der Waals surface area contributed by atoms with Gasteiger partial charge in [0.05, 0.1) is 14.1 Å². The van der Waals surface area contributed by atoms with Crippen LogP contribution in [0.3, 0.4) is 0 Å². The number of carbonyl (C=O) groups excluding carboxylic acids is 1. The SMILES string of the molecule is C=CC(=O)NC(C=C)[N+](C)(C)Cc1ccccc1. The summed E-state index contributed by atoms with van der Waals surface area (Å²) >= 11 is 0. The van der Waals surface area contributed by atoms with Gasteiger partial charge < -0.3 is 4.48 Å². The first-order valence-corrected chi connectivity index (χ1v) is 5.91. The van der Waals surface area contributed by atoms with Gasteiger partial charge in [-0.15, -0.1) is 0 Å². The van der Waals surface area contributed by atoms with Crippen molar-refractivity contribution in [1.82, 2.24) is 5.32 Å². The second kappa shape index (κ2) is 6.17. The van der Waals surface area contributed by atoms with E-state index >= 15 is 0 Å². The standard InChI is InChI=1S/C15H20N2O/c1-5-14(16-15(18)6-2)17(3,4)12-13-10-8-7-9-11-13/h5-11,14H,1-2,12H2,3-4H3/p+1. The van der Waals surface area contributed by atoms with Gasteiger partial charge in [0.15, 0.2) is 6.17 Å². The van der Waals surface area contributed by atoms with Gasteiger partial charge in [-0.2, -0.15) is 0 Å². The first-order valence-electron chi connectivity index (χ1n) is 5.91. The highest BCUT2D eigenvalue weighted by atomic mass is 16.1. The number of likely N-dealkylation sites (N-methyl/N-ethyl adjacent to an activating group) is 1. The summed E-state index contributed by atoms with van der Waals surface area (Å²) in [6.07, 6.45) is 2.89. The van der Waals surface area contributed by atoms with Crippen molar-refractivity contribution in [3.63, 3.8) is 0 Å². The molecule has 0 aliphatic carbocycles. The minimum absolute atomic E-state index is 0.143. The molecule has 1 N–H and O–H groups in total. The Morgan fingerprint density at radius 2 is 1.94 bits per heavy atom. The number of hydrogen-bond donors (Lipinski definition) is 1. The molecule has 1 aromatic carbocycles. The van der Waals surface area contributed by atoms with E-state index in [1.807, 2.05) is 18.2 Å². The molecule has 0 radical (unpaired) electrons. The number of amides is 1. The third-order valence-corrected chi connectivity index (χ3v) is 2.88. The van der Waals surface area contributed by atoms with Crippen LogP contribution in [-0.4, -0.2) is 30.7 Å². The first-order chi connectivity index (χ1) is 8.49. The fourth-order valence-corrected chi connectivity index (χ4v) is 1.88. The Kier molecular flexibility index (Phi) is 4.86. The van der Waals surface area contributed by atoms with E-state index in [-0.39, 0.29) is 12.1 Å². The van der Waals surface area contributed by atoms with Crippen molar-refractivity contribution in [2.45, 2.75) is 12.7 Å². The van der Waals surface area contributed by atoms with E-state index in [0.717, 1.165) is 6.54 Å². The second-order valence-corrected chi connectivity index (χ2v) is 4.82. The second-order valence-electron chi connectivity index (χ2n) is 4.82. The Hall–Kier alpha value is -1.87. The summed E-state index contributed by atoms with van der Waals surface area (Å²) in [6.45, 7) is 8.07. The molecule has 18 heavy (non-hydrogen) atoms. The minimum atomic E-state index is -0.181. The van der Waals surface area contributed by atoms with Crippen LogP contribution in [-0.2, 0) is 11.3 Å². The van der Waals surface area contributed by atoms with Gasteiger partial charge in [-0.05, 0) is 12.2 Å². The number of rotatable bonds is 6. The monoisotopic (exact) mass is 245 g/mol. The molecule has 1 atom stereocenters. The molecular formula is C15H21N2O+. The summed E-state index contributed by atoms with van der Waals surface area (Å²) in [4.78, 5) is 11.4. The molecular weight excluding hydrogens is 224 g/mol. The molecule has 0 aliphatic heterocycles. The molecule has 3 nitrogen and oxygen atoms in total. The van der Waals surface area contributed by atoms with E-state index in [1.165, 1.54) is 11.6 Å². The molecule has 0 aliphatic rings. The van der Waals surface area contributed by atoms with Crippen LogP contribution in [0.2, 0.25) is 0 Å². The van der Waals surface area contributed by atoms with Gasteiger partial charge in [0.2, 0.25) is 5.91 Å². The Balaban J connectivity index is 2.79. The number of nitrogens with one attached hydrogen (secondary N) is 1. The highest BCUT2D eigenvalue weighted by molar-refractivity contribution is 5.87. The zero-order valence-corrected chi connectivity index (χ0v) is 11.1. The lowest BCUT2D eigenvalue weighted by molar-refractivity contribution is -0.923. The topological polar surface area (TPSA) is 29.1 Å². The fraction of sp³-hybridized carbons (Fsp3) is 0.267. The predicted octanol–water partition coefficient (Wildman–Crippen LogP) is 2.08. The third-order valence-electron chi connectivity index (χ3n) is 2.88. The van der Waals surface area contributed by atoms with Crippen molar-refractivity contribution in [1.29, 1.82) is 0 Å². The Morgan fingerprint density at radius 3 is 2.44 bits per heavy atom. The average molecular weight is 245 g/mol.